The molecule has 1 saturated carbocycles. The van der Waals surface area contributed by atoms with E-state index in [-0.39, 0.29) is 0 Å². The van der Waals surface area contributed by atoms with Crippen molar-refractivity contribution < 1.29 is 0 Å². The van der Waals surface area contributed by atoms with Gasteiger partial charge in [-0.15, -0.1) is 0 Å². The molecule has 1 heteroatoms. The molecule has 1 fully saturated rings. The molecule has 18 heavy (non-hydrogen) atoms. The van der Waals surface area contributed by atoms with Crippen molar-refractivity contribution in [2.45, 2.75) is 66.7 Å². The van der Waals surface area contributed by atoms with Crippen LogP contribution in [-0.4, -0.2) is 24.5 Å². The van der Waals surface area contributed by atoms with Crippen molar-refractivity contribution in [2.75, 3.05) is 19.6 Å². The van der Waals surface area contributed by atoms with Gasteiger partial charge in [0.1, 0.15) is 0 Å². The Morgan fingerprint density at radius 2 is 1.67 bits per heavy atom. The molecule has 0 saturated heterocycles. The minimum absolute atomic E-state index is 0.931. The highest BCUT2D eigenvalue weighted by atomic mass is 15.1. The zero-order valence-corrected chi connectivity index (χ0v) is 13.4. The van der Waals surface area contributed by atoms with Crippen molar-refractivity contribution in [1.29, 1.82) is 0 Å². The van der Waals surface area contributed by atoms with Crippen molar-refractivity contribution >= 4 is 0 Å². The molecular weight excluding hydrogens is 218 g/mol. The SMILES string of the molecule is CCN(CC)CCCC(C)CCC1C(C)CC1C. The maximum atomic E-state index is 2.54. The molecule has 108 valence electrons. The third kappa shape index (κ3) is 4.91. The lowest BCUT2D eigenvalue weighted by Crippen LogP contribution is -2.33. The van der Waals surface area contributed by atoms with Crippen molar-refractivity contribution in [1.82, 2.24) is 4.90 Å². The third-order valence-electron chi connectivity index (χ3n) is 5.26. The predicted molar refractivity (Wildman–Crippen MR) is 81.9 cm³/mol. The van der Waals surface area contributed by atoms with E-state index in [2.05, 4.69) is 39.5 Å². The number of hydrogen-bond donors (Lipinski definition) is 0. The molecule has 3 atom stereocenters. The molecule has 0 radical (unpaired) electrons. The lowest BCUT2D eigenvalue weighted by Gasteiger charge is -2.41. The van der Waals surface area contributed by atoms with Gasteiger partial charge in [0.25, 0.3) is 0 Å². The van der Waals surface area contributed by atoms with Crippen LogP contribution in [0.4, 0.5) is 0 Å². The Morgan fingerprint density at radius 1 is 1.06 bits per heavy atom. The van der Waals surface area contributed by atoms with Gasteiger partial charge in [-0.1, -0.05) is 41.0 Å². The highest BCUT2D eigenvalue weighted by molar-refractivity contribution is 4.83. The van der Waals surface area contributed by atoms with Crippen LogP contribution in [0.5, 0.6) is 0 Å². The second-order valence-electron chi connectivity index (χ2n) is 6.71. The van der Waals surface area contributed by atoms with Crippen LogP contribution in [0.25, 0.3) is 0 Å². The van der Waals surface area contributed by atoms with Crippen molar-refractivity contribution in [3.05, 3.63) is 0 Å². The maximum Gasteiger partial charge on any atom is -0.00189 e. The van der Waals surface area contributed by atoms with Gasteiger partial charge in [0.2, 0.25) is 0 Å². The second kappa shape index (κ2) is 8.19. The molecule has 0 aromatic rings. The summed E-state index contributed by atoms with van der Waals surface area (Å²) in [4.78, 5) is 2.54. The first-order valence-corrected chi connectivity index (χ1v) is 8.30. The molecular formula is C17H35N. The van der Waals surface area contributed by atoms with Gasteiger partial charge in [-0.2, -0.15) is 0 Å². The lowest BCUT2D eigenvalue weighted by atomic mass is 9.64. The summed E-state index contributed by atoms with van der Waals surface area (Å²) in [6, 6.07) is 0. The zero-order valence-electron chi connectivity index (χ0n) is 13.4. The van der Waals surface area contributed by atoms with Crippen LogP contribution in [0.15, 0.2) is 0 Å². The topological polar surface area (TPSA) is 3.24 Å². The monoisotopic (exact) mass is 253 g/mol. The summed E-state index contributed by atoms with van der Waals surface area (Å²) >= 11 is 0. The Bertz CT molecular complexity index is 202. The van der Waals surface area contributed by atoms with E-state index in [4.69, 9.17) is 0 Å². The van der Waals surface area contributed by atoms with Crippen LogP contribution in [0.1, 0.15) is 66.7 Å². The Labute approximate surface area is 115 Å². The van der Waals surface area contributed by atoms with Crippen LogP contribution in [0.3, 0.4) is 0 Å². The quantitative estimate of drug-likeness (QED) is 0.569. The summed E-state index contributed by atoms with van der Waals surface area (Å²) in [5.74, 6) is 3.97. The van der Waals surface area contributed by atoms with Gasteiger partial charge in [-0.05, 0) is 69.0 Å². The third-order valence-corrected chi connectivity index (χ3v) is 5.26. The standard InChI is InChI=1S/C17H35N/c1-6-18(7-2)12-8-9-14(3)10-11-17-15(4)13-16(17)5/h14-17H,6-13H2,1-5H3. The van der Waals surface area contributed by atoms with E-state index in [0.29, 0.717) is 0 Å². The van der Waals surface area contributed by atoms with Crippen LogP contribution in [0.2, 0.25) is 0 Å². The van der Waals surface area contributed by atoms with Gasteiger partial charge in [0, 0.05) is 0 Å². The van der Waals surface area contributed by atoms with E-state index in [1.54, 1.807) is 0 Å². The Morgan fingerprint density at radius 3 is 2.17 bits per heavy atom. The summed E-state index contributed by atoms with van der Waals surface area (Å²) in [6.45, 7) is 15.6. The second-order valence-corrected chi connectivity index (χ2v) is 6.71. The molecule has 0 bridgehead atoms. The Kier molecular flexibility index (Phi) is 7.29. The average molecular weight is 253 g/mol. The van der Waals surface area contributed by atoms with E-state index in [9.17, 15) is 0 Å². The first-order chi connectivity index (χ1) is 8.58. The first-order valence-electron chi connectivity index (χ1n) is 8.30. The predicted octanol–water partition coefficient (Wildman–Crippen LogP) is 4.82. The molecule has 1 rings (SSSR count). The molecule has 0 heterocycles. The fourth-order valence-corrected chi connectivity index (χ4v) is 3.69. The van der Waals surface area contributed by atoms with Crippen molar-refractivity contribution in [3.63, 3.8) is 0 Å². The Balaban J connectivity index is 2.05. The highest BCUT2D eigenvalue weighted by Gasteiger charge is 2.33. The smallest absolute Gasteiger partial charge is 0.00189 e. The van der Waals surface area contributed by atoms with E-state index in [1.807, 2.05) is 0 Å². The van der Waals surface area contributed by atoms with Crippen LogP contribution in [-0.2, 0) is 0 Å². The molecule has 1 nitrogen and oxygen atoms in total. The van der Waals surface area contributed by atoms with Gasteiger partial charge in [-0.25, -0.2) is 0 Å². The summed E-state index contributed by atoms with van der Waals surface area (Å²) in [5.41, 5.74) is 0. The molecule has 1 aliphatic carbocycles. The fourth-order valence-electron chi connectivity index (χ4n) is 3.69. The summed E-state index contributed by atoms with van der Waals surface area (Å²) in [7, 11) is 0. The fraction of sp³-hybridized carbons (Fsp3) is 1.00. The summed E-state index contributed by atoms with van der Waals surface area (Å²) < 4.78 is 0. The lowest BCUT2D eigenvalue weighted by molar-refractivity contribution is 0.0852. The Hall–Kier alpha value is -0.0400. The normalized spacial score (nSPS) is 29.3. The molecule has 0 aromatic carbocycles. The average Bonchev–Trinajstić information content (AvgIpc) is 2.34. The number of nitrogens with zero attached hydrogens (tertiary/aromatic N) is 1. The first kappa shape index (κ1) is 16.0. The van der Waals surface area contributed by atoms with Gasteiger partial charge >= 0.3 is 0 Å². The van der Waals surface area contributed by atoms with Crippen LogP contribution < -0.4 is 0 Å². The highest BCUT2D eigenvalue weighted by Crippen LogP contribution is 2.43. The molecule has 0 aromatic heterocycles. The van der Waals surface area contributed by atoms with Crippen LogP contribution >= 0.6 is 0 Å². The van der Waals surface area contributed by atoms with E-state index in [0.717, 1.165) is 23.7 Å². The minimum Gasteiger partial charge on any atom is -0.304 e. The summed E-state index contributed by atoms with van der Waals surface area (Å²) in [6.07, 6.45) is 7.22. The molecule has 0 N–H and O–H groups in total. The number of hydrogen-bond acceptors (Lipinski definition) is 1. The van der Waals surface area contributed by atoms with E-state index in [1.165, 1.54) is 51.7 Å². The van der Waals surface area contributed by atoms with Gasteiger partial charge in [0.05, 0.1) is 0 Å². The molecule has 0 amide bonds. The van der Waals surface area contributed by atoms with Gasteiger partial charge in [0.15, 0.2) is 0 Å². The van der Waals surface area contributed by atoms with E-state index < -0.39 is 0 Å². The van der Waals surface area contributed by atoms with Crippen molar-refractivity contribution in [3.8, 4) is 0 Å². The van der Waals surface area contributed by atoms with Crippen LogP contribution in [0, 0.1) is 23.7 Å². The maximum absolute atomic E-state index is 2.54. The largest absolute Gasteiger partial charge is 0.304 e. The molecule has 3 unspecified atom stereocenters. The van der Waals surface area contributed by atoms with Gasteiger partial charge < -0.3 is 4.90 Å². The summed E-state index contributed by atoms with van der Waals surface area (Å²) in [5, 5.41) is 0. The van der Waals surface area contributed by atoms with Crippen molar-refractivity contribution in [2.24, 2.45) is 23.7 Å². The van der Waals surface area contributed by atoms with E-state index >= 15 is 0 Å². The van der Waals surface area contributed by atoms with Gasteiger partial charge in [-0.3, -0.25) is 0 Å². The molecule has 1 aliphatic rings. The minimum atomic E-state index is 0.931. The molecule has 0 aliphatic heterocycles. The zero-order chi connectivity index (χ0) is 13.5. The molecule has 0 spiro atoms. The number of rotatable bonds is 9.